The monoisotopic (exact) mass is 506 g/mol. The van der Waals surface area contributed by atoms with Gasteiger partial charge in [0.05, 0.1) is 0 Å². The van der Waals surface area contributed by atoms with E-state index in [1.54, 1.807) is 0 Å². The van der Waals surface area contributed by atoms with E-state index in [1.807, 2.05) is 59.2 Å². The molecule has 0 bridgehead atoms. The third-order valence-corrected chi connectivity index (χ3v) is 7.05. The van der Waals surface area contributed by atoms with E-state index < -0.39 is 0 Å². The molecule has 0 saturated carbocycles. The van der Waals surface area contributed by atoms with Crippen molar-refractivity contribution >= 4 is 23.0 Å². The molecule has 0 aliphatic carbocycles. The molecule has 4 rings (SSSR count). The van der Waals surface area contributed by atoms with E-state index in [4.69, 9.17) is 14.2 Å². The van der Waals surface area contributed by atoms with Crippen LogP contribution in [0.2, 0.25) is 0 Å². The van der Waals surface area contributed by atoms with E-state index in [0.717, 1.165) is 66.9 Å². The van der Waals surface area contributed by atoms with Crippen molar-refractivity contribution in [2.75, 3.05) is 46.0 Å². The average Bonchev–Trinajstić information content (AvgIpc) is 2.94. The van der Waals surface area contributed by atoms with Gasteiger partial charge in [-0.15, -0.1) is 0 Å². The summed E-state index contributed by atoms with van der Waals surface area (Å²) in [6.07, 6.45) is 4.26. The normalized spacial score (nSPS) is 15.1. The summed E-state index contributed by atoms with van der Waals surface area (Å²) in [6.45, 7) is 9.75. The molecule has 2 heterocycles. The van der Waals surface area contributed by atoms with Gasteiger partial charge in [-0.25, -0.2) is 0 Å². The second kappa shape index (κ2) is 12.7. The first-order valence-corrected chi connectivity index (χ1v) is 13.4. The van der Waals surface area contributed by atoms with Gasteiger partial charge in [-0.1, -0.05) is 19.1 Å². The molecule has 0 radical (unpaired) electrons. The molecular formula is C30H38N2O5. The van der Waals surface area contributed by atoms with Gasteiger partial charge in [0.1, 0.15) is 23.9 Å². The van der Waals surface area contributed by atoms with Crippen LogP contribution in [0.1, 0.15) is 57.6 Å². The predicted octanol–water partition coefficient (Wildman–Crippen LogP) is 5.04. The Bertz CT molecular complexity index is 1120. The minimum Gasteiger partial charge on any atom is -0.488 e. The second-order valence-electron chi connectivity index (χ2n) is 9.57. The van der Waals surface area contributed by atoms with E-state index in [0.29, 0.717) is 24.7 Å². The minimum absolute atomic E-state index is 0.00322. The number of piperidine rings is 1. The van der Waals surface area contributed by atoms with Crippen LogP contribution in [-0.2, 0) is 9.59 Å². The van der Waals surface area contributed by atoms with Crippen molar-refractivity contribution in [1.29, 1.82) is 0 Å². The highest BCUT2D eigenvalue weighted by molar-refractivity contribution is 5.93. The Morgan fingerprint density at radius 2 is 1.65 bits per heavy atom. The Morgan fingerprint density at radius 1 is 0.946 bits per heavy atom. The smallest absolute Gasteiger partial charge is 0.260 e. The topological polar surface area (TPSA) is 68.3 Å². The number of fused-ring (bicyclic) bond motifs is 1. The van der Waals surface area contributed by atoms with Gasteiger partial charge in [0.15, 0.2) is 13.2 Å². The summed E-state index contributed by atoms with van der Waals surface area (Å²) < 4.78 is 17.6. The maximum Gasteiger partial charge on any atom is 0.260 e. The third kappa shape index (κ3) is 6.64. The molecule has 37 heavy (non-hydrogen) atoms. The molecule has 2 aromatic carbocycles. The number of likely N-dealkylation sites (tertiary alicyclic amines) is 1. The van der Waals surface area contributed by atoms with Gasteiger partial charge in [-0.3, -0.25) is 9.59 Å². The molecule has 2 aromatic rings. The molecule has 0 N–H and O–H groups in total. The van der Waals surface area contributed by atoms with Crippen molar-refractivity contribution in [3.05, 3.63) is 53.6 Å². The number of benzene rings is 2. The summed E-state index contributed by atoms with van der Waals surface area (Å²) >= 11 is 0. The van der Waals surface area contributed by atoms with E-state index in [-0.39, 0.29) is 25.0 Å². The van der Waals surface area contributed by atoms with Crippen LogP contribution in [-0.4, -0.2) is 67.6 Å². The summed E-state index contributed by atoms with van der Waals surface area (Å²) in [7, 11) is 0. The van der Waals surface area contributed by atoms with Crippen LogP contribution >= 0.6 is 0 Å². The molecule has 0 aromatic heterocycles. The average molecular weight is 507 g/mol. The highest BCUT2D eigenvalue weighted by atomic mass is 16.5. The first kappa shape index (κ1) is 26.6. The van der Waals surface area contributed by atoms with Crippen molar-refractivity contribution in [3.63, 3.8) is 0 Å². The van der Waals surface area contributed by atoms with Crippen molar-refractivity contribution in [1.82, 2.24) is 9.80 Å². The maximum absolute atomic E-state index is 12.4. The van der Waals surface area contributed by atoms with E-state index in [2.05, 4.69) is 13.8 Å². The molecule has 198 valence electrons. The van der Waals surface area contributed by atoms with Gasteiger partial charge in [0.25, 0.3) is 11.8 Å². The Morgan fingerprint density at radius 3 is 2.35 bits per heavy atom. The second-order valence-corrected chi connectivity index (χ2v) is 9.57. The standard InChI is InChI=1S/C30H38N2O5/c1-4-15-31(5-2)29(33)20-35-24-11-9-23(10-12-24)27-19-37-28-18-25(13-14-26(28)22(27)3)36-21-30(34)32-16-7-6-8-17-32/h9-14,18H,4-8,15-17,19-21H2,1-3H3. The lowest BCUT2D eigenvalue weighted by molar-refractivity contribution is -0.134. The lowest BCUT2D eigenvalue weighted by Gasteiger charge is -2.27. The highest BCUT2D eigenvalue weighted by Crippen LogP contribution is 2.39. The molecule has 7 nitrogen and oxygen atoms in total. The largest absolute Gasteiger partial charge is 0.488 e. The van der Waals surface area contributed by atoms with Crippen LogP contribution in [0, 0.1) is 0 Å². The fourth-order valence-electron chi connectivity index (χ4n) is 4.84. The number of ether oxygens (including phenoxy) is 3. The summed E-state index contributed by atoms with van der Waals surface area (Å²) in [5.41, 5.74) is 4.30. The molecule has 0 atom stereocenters. The quantitative estimate of drug-likeness (QED) is 0.452. The van der Waals surface area contributed by atoms with Gasteiger partial charge >= 0.3 is 0 Å². The number of nitrogens with zero attached hydrogens (tertiary/aromatic N) is 2. The fourth-order valence-corrected chi connectivity index (χ4v) is 4.84. The van der Waals surface area contributed by atoms with E-state index in [9.17, 15) is 9.59 Å². The lowest BCUT2D eigenvalue weighted by atomic mass is 9.93. The van der Waals surface area contributed by atoms with Gasteiger partial charge in [-0.05, 0) is 74.9 Å². The van der Waals surface area contributed by atoms with Crippen molar-refractivity contribution < 1.29 is 23.8 Å². The van der Waals surface area contributed by atoms with Crippen LogP contribution in [0.15, 0.2) is 42.5 Å². The number of amides is 2. The Kier molecular flexibility index (Phi) is 9.09. The zero-order valence-corrected chi connectivity index (χ0v) is 22.3. The Balaban J connectivity index is 1.37. The Hall–Kier alpha value is -3.48. The Labute approximate surface area is 220 Å². The molecule has 1 saturated heterocycles. The van der Waals surface area contributed by atoms with Crippen molar-refractivity contribution in [2.45, 2.75) is 46.5 Å². The maximum atomic E-state index is 12.4. The number of allylic oxidation sites excluding steroid dienone is 1. The minimum atomic E-state index is 0.00322. The first-order chi connectivity index (χ1) is 18.0. The number of carbonyl (C=O) groups excluding carboxylic acids is 2. The van der Waals surface area contributed by atoms with Gasteiger partial charge < -0.3 is 24.0 Å². The van der Waals surface area contributed by atoms with Crippen LogP contribution in [0.5, 0.6) is 17.2 Å². The van der Waals surface area contributed by atoms with Crippen LogP contribution < -0.4 is 14.2 Å². The third-order valence-electron chi connectivity index (χ3n) is 7.05. The predicted molar refractivity (Wildman–Crippen MR) is 145 cm³/mol. The molecule has 7 heteroatoms. The molecule has 1 fully saturated rings. The van der Waals surface area contributed by atoms with Crippen molar-refractivity contribution in [3.8, 4) is 17.2 Å². The first-order valence-electron chi connectivity index (χ1n) is 13.4. The molecule has 2 amide bonds. The summed E-state index contributed by atoms with van der Waals surface area (Å²) in [5, 5.41) is 0. The van der Waals surface area contributed by atoms with Gasteiger partial charge in [-0.2, -0.15) is 0 Å². The molecule has 0 spiro atoms. The van der Waals surface area contributed by atoms with E-state index in [1.165, 1.54) is 6.42 Å². The van der Waals surface area contributed by atoms with Crippen LogP contribution in [0.4, 0.5) is 0 Å². The SMILES string of the molecule is CCCN(CC)C(=O)COc1ccc(C2=C(C)c3ccc(OCC(=O)N4CCCCC4)cc3OC2)cc1. The van der Waals surface area contributed by atoms with E-state index >= 15 is 0 Å². The van der Waals surface area contributed by atoms with Gasteiger partial charge in [0.2, 0.25) is 0 Å². The van der Waals surface area contributed by atoms with Gasteiger partial charge in [0, 0.05) is 43.4 Å². The molecule has 2 aliphatic rings. The zero-order valence-electron chi connectivity index (χ0n) is 22.3. The number of carbonyl (C=O) groups is 2. The van der Waals surface area contributed by atoms with Crippen molar-refractivity contribution in [2.24, 2.45) is 0 Å². The molecular weight excluding hydrogens is 468 g/mol. The van der Waals surface area contributed by atoms with Crippen LogP contribution in [0.3, 0.4) is 0 Å². The number of hydrogen-bond donors (Lipinski definition) is 0. The number of hydrogen-bond acceptors (Lipinski definition) is 5. The number of rotatable bonds is 10. The summed E-state index contributed by atoms with van der Waals surface area (Å²) in [6, 6.07) is 13.5. The number of likely N-dealkylation sites (N-methyl/N-ethyl adjacent to an activating group) is 1. The summed E-state index contributed by atoms with van der Waals surface area (Å²) in [4.78, 5) is 28.4. The summed E-state index contributed by atoms with van der Waals surface area (Å²) in [5.74, 6) is 2.11. The van der Waals surface area contributed by atoms with Crippen LogP contribution in [0.25, 0.3) is 11.1 Å². The molecule has 2 aliphatic heterocycles. The molecule has 0 unspecified atom stereocenters. The zero-order chi connectivity index (χ0) is 26.2. The fraction of sp³-hybridized carbons (Fsp3) is 0.467. The lowest BCUT2D eigenvalue weighted by Crippen LogP contribution is -2.38. The highest BCUT2D eigenvalue weighted by Gasteiger charge is 2.21.